The number of hydrogen-bond acceptors (Lipinski definition) is 2. The van der Waals surface area contributed by atoms with Crippen LogP contribution < -0.4 is 5.73 Å². The molecule has 0 aliphatic heterocycles. The van der Waals surface area contributed by atoms with Gasteiger partial charge in [-0.1, -0.05) is 18.2 Å². The van der Waals surface area contributed by atoms with Crippen molar-refractivity contribution in [2.75, 3.05) is 6.54 Å². The molecule has 3 heteroatoms. The fraction of sp³-hybridized carbons (Fsp3) is 0.333. The van der Waals surface area contributed by atoms with E-state index in [1.54, 1.807) is 19.9 Å². The highest BCUT2D eigenvalue weighted by molar-refractivity contribution is 5.82. The normalized spacial score (nSPS) is 12.7. The van der Waals surface area contributed by atoms with E-state index in [-0.39, 0.29) is 0 Å². The first-order valence-corrected chi connectivity index (χ1v) is 6.20. The molecule has 3 N–H and O–H groups in total. The van der Waals surface area contributed by atoms with E-state index in [9.17, 15) is 5.11 Å². The number of nitrogens with two attached hydrogens (primary N) is 1. The zero-order chi connectivity index (χ0) is 13.2. The Morgan fingerprint density at radius 1 is 1.33 bits per heavy atom. The number of rotatable bonds is 4. The van der Waals surface area contributed by atoms with Gasteiger partial charge in [0.15, 0.2) is 0 Å². The molecule has 0 unspecified atom stereocenters. The maximum absolute atomic E-state index is 9.66. The molecule has 0 aliphatic rings. The first kappa shape index (κ1) is 12.9. The minimum absolute atomic E-state index is 0.643. The molecule has 2 rings (SSSR count). The van der Waals surface area contributed by atoms with E-state index in [1.165, 1.54) is 10.9 Å². The summed E-state index contributed by atoms with van der Waals surface area (Å²) in [5, 5.41) is 10.9. The predicted molar refractivity (Wildman–Crippen MR) is 76.3 cm³/mol. The van der Waals surface area contributed by atoms with Crippen molar-refractivity contribution in [3.8, 4) is 0 Å². The third kappa shape index (κ3) is 3.00. The molecule has 2 aromatic rings. The van der Waals surface area contributed by atoms with E-state index >= 15 is 0 Å². The van der Waals surface area contributed by atoms with Crippen LogP contribution in [-0.2, 0) is 6.54 Å². The summed E-state index contributed by atoms with van der Waals surface area (Å²) in [4.78, 5) is 0. The van der Waals surface area contributed by atoms with Gasteiger partial charge in [-0.15, -0.1) is 0 Å². The van der Waals surface area contributed by atoms with E-state index in [0.29, 0.717) is 6.54 Å². The van der Waals surface area contributed by atoms with Gasteiger partial charge in [-0.3, -0.25) is 0 Å². The third-order valence-corrected chi connectivity index (χ3v) is 2.85. The van der Waals surface area contributed by atoms with E-state index in [4.69, 9.17) is 5.73 Å². The lowest BCUT2D eigenvalue weighted by atomic mass is 10.1. The Kier molecular flexibility index (Phi) is 3.55. The van der Waals surface area contributed by atoms with Crippen molar-refractivity contribution in [3.05, 3.63) is 42.1 Å². The maximum atomic E-state index is 9.66. The van der Waals surface area contributed by atoms with Gasteiger partial charge in [0.2, 0.25) is 0 Å². The predicted octanol–water partition coefficient (Wildman–Crippen LogP) is 2.38. The minimum Gasteiger partial charge on any atom is -0.386 e. The monoisotopic (exact) mass is 244 g/mol. The van der Waals surface area contributed by atoms with Crippen LogP contribution in [0.5, 0.6) is 0 Å². The second-order valence-electron chi connectivity index (χ2n) is 5.10. The van der Waals surface area contributed by atoms with Gasteiger partial charge in [0.05, 0.1) is 5.60 Å². The summed E-state index contributed by atoms with van der Waals surface area (Å²) in [5.74, 6) is 0. The van der Waals surface area contributed by atoms with Crippen molar-refractivity contribution < 1.29 is 5.11 Å². The molecule has 1 heterocycles. The number of nitrogens with zero attached hydrogens (tertiary/aromatic N) is 1. The molecule has 1 aromatic heterocycles. The lowest BCUT2D eigenvalue weighted by molar-refractivity contribution is 0.134. The summed E-state index contributed by atoms with van der Waals surface area (Å²) in [6, 6.07) is 8.35. The standard InChI is InChI=1S/C15H20N2O/c1-15(2,18)7-5-12-3-4-14-13(11-12)6-9-17(14)10-8-16/h3-7,9,11,18H,8,10,16H2,1-2H3/b7-5+. The summed E-state index contributed by atoms with van der Waals surface area (Å²) < 4.78 is 2.15. The SMILES string of the molecule is CC(C)(O)/C=C/c1ccc2c(ccn2CCN)c1. The Bertz CT molecular complexity index is 561. The van der Waals surface area contributed by atoms with Gasteiger partial charge in [0.25, 0.3) is 0 Å². The van der Waals surface area contributed by atoms with Crippen LogP contribution in [0.25, 0.3) is 17.0 Å². The molecule has 0 fully saturated rings. The van der Waals surface area contributed by atoms with Gasteiger partial charge in [0, 0.05) is 30.2 Å². The molecule has 1 aromatic carbocycles. The minimum atomic E-state index is -0.777. The van der Waals surface area contributed by atoms with Gasteiger partial charge in [-0.25, -0.2) is 0 Å². The molecular weight excluding hydrogens is 224 g/mol. The van der Waals surface area contributed by atoms with Crippen LogP contribution in [0.2, 0.25) is 0 Å². The van der Waals surface area contributed by atoms with Gasteiger partial charge in [0.1, 0.15) is 0 Å². The zero-order valence-corrected chi connectivity index (χ0v) is 10.9. The van der Waals surface area contributed by atoms with Crippen LogP contribution in [0.15, 0.2) is 36.5 Å². The molecule has 3 nitrogen and oxygen atoms in total. The van der Waals surface area contributed by atoms with Crippen molar-refractivity contribution in [2.24, 2.45) is 5.73 Å². The number of fused-ring (bicyclic) bond motifs is 1. The third-order valence-electron chi connectivity index (χ3n) is 2.85. The highest BCUT2D eigenvalue weighted by atomic mass is 16.3. The zero-order valence-electron chi connectivity index (χ0n) is 10.9. The lowest BCUT2D eigenvalue weighted by Gasteiger charge is -2.10. The maximum Gasteiger partial charge on any atom is 0.0774 e. The molecule has 0 atom stereocenters. The molecule has 0 saturated heterocycles. The number of aromatic nitrogens is 1. The van der Waals surface area contributed by atoms with Crippen molar-refractivity contribution in [1.82, 2.24) is 4.57 Å². The van der Waals surface area contributed by atoms with Crippen molar-refractivity contribution >= 4 is 17.0 Å². The Morgan fingerprint density at radius 3 is 2.78 bits per heavy atom. The number of hydrogen-bond donors (Lipinski definition) is 2. The molecule has 0 aliphatic carbocycles. The lowest BCUT2D eigenvalue weighted by Crippen LogP contribution is -2.13. The molecule has 96 valence electrons. The molecule has 0 radical (unpaired) electrons. The Morgan fingerprint density at radius 2 is 2.11 bits per heavy atom. The molecule has 0 bridgehead atoms. The second kappa shape index (κ2) is 4.96. The van der Waals surface area contributed by atoms with Crippen LogP contribution in [0, 0.1) is 0 Å². The Labute approximate surface area is 108 Å². The molecule has 0 saturated carbocycles. The van der Waals surface area contributed by atoms with Crippen molar-refractivity contribution in [2.45, 2.75) is 26.0 Å². The molecular formula is C15H20N2O. The van der Waals surface area contributed by atoms with E-state index in [1.807, 2.05) is 6.08 Å². The van der Waals surface area contributed by atoms with Crippen LogP contribution in [0.1, 0.15) is 19.4 Å². The fourth-order valence-electron chi connectivity index (χ4n) is 1.96. The average Bonchev–Trinajstić information content (AvgIpc) is 2.69. The van der Waals surface area contributed by atoms with Crippen molar-refractivity contribution in [3.63, 3.8) is 0 Å². The summed E-state index contributed by atoms with van der Waals surface area (Å²) >= 11 is 0. The average molecular weight is 244 g/mol. The smallest absolute Gasteiger partial charge is 0.0774 e. The van der Waals surface area contributed by atoms with Gasteiger partial charge in [-0.2, -0.15) is 0 Å². The Hall–Kier alpha value is -1.58. The summed E-state index contributed by atoms with van der Waals surface area (Å²) in [7, 11) is 0. The molecule has 0 amide bonds. The number of benzene rings is 1. The van der Waals surface area contributed by atoms with E-state index < -0.39 is 5.60 Å². The topological polar surface area (TPSA) is 51.2 Å². The highest BCUT2D eigenvalue weighted by Crippen LogP contribution is 2.19. The van der Waals surface area contributed by atoms with E-state index in [0.717, 1.165) is 12.1 Å². The van der Waals surface area contributed by atoms with E-state index in [2.05, 4.69) is 35.0 Å². The first-order valence-electron chi connectivity index (χ1n) is 6.20. The largest absolute Gasteiger partial charge is 0.386 e. The van der Waals surface area contributed by atoms with Crippen LogP contribution >= 0.6 is 0 Å². The van der Waals surface area contributed by atoms with Crippen LogP contribution in [0.3, 0.4) is 0 Å². The summed E-state index contributed by atoms with van der Waals surface area (Å²) in [6.07, 6.45) is 5.80. The number of aliphatic hydroxyl groups is 1. The first-order chi connectivity index (χ1) is 8.49. The van der Waals surface area contributed by atoms with Crippen molar-refractivity contribution in [1.29, 1.82) is 0 Å². The second-order valence-corrected chi connectivity index (χ2v) is 5.10. The molecule has 0 spiro atoms. The molecule has 18 heavy (non-hydrogen) atoms. The highest BCUT2D eigenvalue weighted by Gasteiger charge is 2.06. The van der Waals surface area contributed by atoms with Crippen LogP contribution in [-0.4, -0.2) is 21.8 Å². The van der Waals surface area contributed by atoms with Gasteiger partial charge in [-0.05, 0) is 37.6 Å². The van der Waals surface area contributed by atoms with Crippen LogP contribution in [0.4, 0.5) is 0 Å². The quantitative estimate of drug-likeness (QED) is 0.867. The Balaban J connectivity index is 2.31. The summed E-state index contributed by atoms with van der Waals surface area (Å²) in [6.45, 7) is 5.01. The fourth-order valence-corrected chi connectivity index (χ4v) is 1.96. The van der Waals surface area contributed by atoms with Gasteiger partial charge >= 0.3 is 0 Å². The summed E-state index contributed by atoms with van der Waals surface area (Å²) in [5.41, 5.74) is 7.09. The van der Waals surface area contributed by atoms with Gasteiger partial charge < -0.3 is 15.4 Å².